The first-order valence-electron chi connectivity index (χ1n) is 10.2. The number of aromatic hydroxyl groups is 1. The smallest absolute Gasteiger partial charge is 0.246 e. The van der Waals surface area contributed by atoms with Gasteiger partial charge in [-0.25, -0.2) is 8.42 Å². The summed E-state index contributed by atoms with van der Waals surface area (Å²) in [6.07, 6.45) is 4.28. The maximum Gasteiger partial charge on any atom is 0.246 e. The van der Waals surface area contributed by atoms with Crippen molar-refractivity contribution in [3.8, 4) is 5.75 Å². The number of phenols is 1. The van der Waals surface area contributed by atoms with Crippen LogP contribution in [0.4, 0.5) is 5.69 Å². The molecule has 0 saturated carbocycles. The van der Waals surface area contributed by atoms with E-state index in [1.807, 2.05) is 30.3 Å². The summed E-state index contributed by atoms with van der Waals surface area (Å²) in [5.74, 6) is -0.989. The van der Waals surface area contributed by atoms with E-state index in [2.05, 4.69) is 5.32 Å². The summed E-state index contributed by atoms with van der Waals surface area (Å²) in [5.41, 5.74) is 1.01. The normalized spacial score (nSPS) is 15.2. The molecule has 0 unspecified atom stereocenters. The van der Waals surface area contributed by atoms with Crippen LogP contribution in [0.3, 0.4) is 0 Å². The summed E-state index contributed by atoms with van der Waals surface area (Å²) < 4.78 is 24.1. The molecule has 0 aromatic heterocycles. The summed E-state index contributed by atoms with van der Waals surface area (Å²) in [7, 11) is -3.45. The third-order valence-corrected chi connectivity index (χ3v) is 7.09. The number of hydrogen-bond donors (Lipinski definition) is 2. The molecule has 7 nitrogen and oxygen atoms in total. The summed E-state index contributed by atoms with van der Waals surface area (Å²) >= 11 is 0. The number of amides is 2. The van der Waals surface area contributed by atoms with Gasteiger partial charge in [0.15, 0.2) is 9.84 Å². The van der Waals surface area contributed by atoms with Gasteiger partial charge in [-0.1, -0.05) is 37.3 Å². The zero-order valence-corrected chi connectivity index (χ0v) is 18.1. The number of nitrogens with zero attached hydrogens (tertiary/aromatic N) is 1. The molecule has 2 aromatic carbocycles. The van der Waals surface area contributed by atoms with Crippen LogP contribution in [0.5, 0.6) is 5.75 Å². The molecule has 2 aromatic rings. The first kappa shape index (κ1) is 22.6. The molecule has 0 bridgehead atoms. The second kappa shape index (κ2) is 9.78. The first-order valence-corrected chi connectivity index (χ1v) is 11.8. The van der Waals surface area contributed by atoms with Gasteiger partial charge in [0.25, 0.3) is 0 Å². The number of carbonyl (C=O) groups is 2. The Morgan fingerprint density at radius 2 is 1.81 bits per heavy atom. The lowest BCUT2D eigenvalue weighted by Gasteiger charge is -2.30. The zero-order valence-electron chi connectivity index (χ0n) is 17.3. The molecule has 1 fully saturated rings. The molecule has 1 saturated heterocycles. The molecule has 0 atom stereocenters. The summed E-state index contributed by atoms with van der Waals surface area (Å²) in [6.45, 7) is 2.43. The second-order valence-corrected chi connectivity index (χ2v) is 9.69. The molecule has 0 spiro atoms. The maximum atomic E-state index is 12.6. The number of anilines is 1. The van der Waals surface area contributed by atoms with Crippen molar-refractivity contribution >= 4 is 33.4 Å². The lowest BCUT2D eigenvalue weighted by Crippen LogP contribution is -2.40. The molecule has 8 heteroatoms. The van der Waals surface area contributed by atoms with E-state index in [1.54, 1.807) is 11.0 Å². The van der Waals surface area contributed by atoms with Crippen LogP contribution >= 0.6 is 0 Å². The van der Waals surface area contributed by atoms with Crippen molar-refractivity contribution in [1.29, 1.82) is 0 Å². The second-order valence-electron chi connectivity index (χ2n) is 7.42. The number of phenolic OH excluding ortho intramolecular Hbond substituents is 1. The van der Waals surface area contributed by atoms with Crippen molar-refractivity contribution in [2.45, 2.75) is 24.7 Å². The zero-order chi connectivity index (χ0) is 22.4. The van der Waals surface area contributed by atoms with Gasteiger partial charge in [-0.05, 0) is 42.7 Å². The van der Waals surface area contributed by atoms with Crippen LogP contribution in [0.15, 0.2) is 59.5 Å². The number of hydrogen-bond acceptors (Lipinski definition) is 5. The number of benzene rings is 2. The Kier molecular flexibility index (Phi) is 7.12. The number of rotatable bonds is 6. The van der Waals surface area contributed by atoms with Crippen molar-refractivity contribution in [2.75, 3.05) is 24.2 Å². The predicted octanol–water partition coefficient (Wildman–Crippen LogP) is 3.08. The number of likely N-dealkylation sites (tertiary alicyclic amines) is 1. The van der Waals surface area contributed by atoms with E-state index in [0.29, 0.717) is 25.9 Å². The molecular formula is C23H26N2O5S. The van der Waals surface area contributed by atoms with Crippen LogP contribution < -0.4 is 5.32 Å². The van der Waals surface area contributed by atoms with Crippen molar-refractivity contribution in [2.24, 2.45) is 5.92 Å². The van der Waals surface area contributed by atoms with Gasteiger partial charge in [0.05, 0.1) is 16.3 Å². The number of piperidine rings is 1. The van der Waals surface area contributed by atoms with Gasteiger partial charge in [-0.2, -0.15) is 0 Å². The molecule has 1 aliphatic heterocycles. The maximum absolute atomic E-state index is 12.6. The van der Waals surface area contributed by atoms with Crippen molar-refractivity contribution < 1.29 is 23.1 Å². The Morgan fingerprint density at radius 1 is 1.13 bits per heavy atom. The predicted molar refractivity (Wildman–Crippen MR) is 119 cm³/mol. The van der Waals surface area contributed by atoms with Gasteiger partial charge in [-0.3, -0.25) is 9.59 Å². The summed E-state index contributed by atoms with van der Waals surface area (Å²) in [6, 6.07) is 13.4. The largest absolute Gasteiger partial charge is 0.506 e. The van der Waals surface area contributed by atoms with Crippen molar-refractivity contribution in [1.82, 2.24) is 4.90 Å². The van der Waals surface area contributed by atoms with Crippen LogP contribution in [0.25, 0.3) is 6.08 Å². The first-order chi connectivity index (χ1) is 14.8. The lowest BCUT2D eigenvalue weighted by molar-refractivity contribution is -0.130. The highest BCUT2D eigenvalue weighted by Gasteiger charge is 2.27. The Bertz CT molecular complexity index is 1070. The standard InChI is InChI=1S/C23H26N2O5S/c1-2-31(29,30)19-9-10-21(26)20(16-19)24-23(28)18-12-14-25(15-13-18)22(27)11-8-17-6-4-3-5-7-17/h3-11,16,18,26H,2,12-15H2,1H3,(H,24,28)/b11-8+. The Labute approximate surface area is 182 Å². The van der Waals surface area contributed by atoms with Crippen LogP contribution in [0.2, 0.25) is 0 Å². The molecule has 2 amide bonds. The van der Waals surface area contributed by atoms with Crippen molar-refractivity contribution in [3.05, 3.63) is 60.2 Å². The van der Waals surface area contributed by atoms with Gasteiger partial charge in [0.2, 0.25) is 11.8 Å². The van der Waals surface area contributed by atoms with E-state index in [9.17, 15) is 23.1 Å². The molecule has 0 aliphatic carbocycles. The summed E-state index contributed by atoms with van der Waals surface area (Å²) in [5, 5.41) is 12.7. The molecular weight excluding hydrogens is 416 g/mol. The Hall–Kier alpha value is -3.13. The van der Waals surface area contributed by atoms with Gasteiger partial charge in [0.1, 0.15) is 5.75 Å². The quantitative estimate of drug-likeness (QED) is 0.529. The summed E-state index contributed by atoms with van der Waals surface area (Å²) in [4.78, 5) is 26.8. The SMILES string of the molecule is CCS(=O)(=O)c1ccc(O)c(NC(=O)C2CCN(C(=O)/C=C/c3ccccc3)CC2)c1. The third-order valence-electron chi connectivity index (χ3n) is 5.36. The minimum absolute atomic E-state index is 0.0497. The van der Waals surface area contributed by atoms with Gasteiger partial charge in [0, 0.05) is 25.1 Å². The van der Waals surface area contributed by atoms with E-state index in [4.69, 9.17) is 0 Å². The number of carbonyl (C=O) groups excluding carboxylic acids is 2. The van der Waals surface area contributed by atoms with Crippen LogP contribution in [-0.4, -0.2) is 49.1 Å². The van der Waals surface area contributed by atoms with E-state index in [1.165, 1.54) is 31.2 Å². The average Bonchev–Trinajstić information content (AvgIpc) is 2.79. The Balaban J connectivity index is 1.58. The highest BCUT2D eigenvalue weighted by atomic mass is 32.2. The van der Waals surface area contributed by atoms with Gasteiger partial charge < -0.3 is 15.3 Å². The fraction of sp³-hybridized carbons (Fsp3) is 0.304. The minimum atomic E-state index is -3.45. The van der Waals surface area contributed by atoms with Crippen LogP contribution in [0.1, 0.15) is 25.3 Å². The monoisotopic (exact) mass is 442 g/mol. The van der Waals surface area contributed by atoms with E-state index < -0.39 is 9.84 Å². The average molecular weight is 443 g/mol. The lowest BCUT2D eigenvalue weighted by atomic mass is 9.95. The highest BCUT2D eigenvalue weighted by Crippen LogP contribution is 2.28. The fourth-order valence-electron chi connectivity index (χ4n) is 3.41. The highest BCUT2D eigenvalue weighted by molar-refractivity contribution is 7.91. The van der Waals surface area contributed by atoms with E-state index in [0.717, 1.165) is 5.56 Å². The van der Waals surface area contributed by atoms with E-state index in [-0.39, 0.29) is 39.8 Å². The molecule has 31 heavy (non-hydrogen) atoms. The third kappa shape index (κ3) is 5.73. The minimum Gasteiger partial charge on any atom is -0.506 e. The van der Waals surface area contributed by atoms with Crippen LogP contribution in [0, 0.1) is 5.92 Å². The van der Waals surface area contributed by atoms with Crippen LogP contribution in [-0.2, 0) is 19.4 Å². The number of sulfone groups is 1. The molecule has 0 radical (unpaired) electrons. The van der Waals surface area contributed by atoms with Crippen molar-refractivity contribution in [3.63, 3.8) is 0 Å². The van der Waals surface area contributed by atoms with Gasteiger partial charge >= 0.3 is 0 Å². The molecule has 164 valence electrons. The molecule has 1 heterocycles. The topological polar surface area (TPSA) is 104 Å². The Morgan fingerprint density at radius 3 is 2.45 bits per heavy atom. The van der Waals surface area contributed by atoms with Gasteiger partial charge in [-0.15, -0.1) is 0 Å². The fourth-order valence-corrected chi connectivity index (χ4v) is 4.32. The molecule has 3 rings (SSSR count). The number of nitrogens with one attached hydrogen (secondary N) is 1. The van der Waals surface area contributed by atoms with E-state index >= 15 is 0 Å². The molecule has 1 aliphatic rings. The molecule has 2 N–H and O–H groups in total.